The average molecular weight is 512 g/mol. The van der Waals surface area contributed by atoms with Gasteiger partial charge in [-0.2, -0.15) is 13.2 Å². The summed E-state index contributed by atoms with van der Waals surface area (Å²) in [7, 11) is 0. The Balaban J connectivity index is 0.000000454. The van der Waals surface area contributed by atoms with Gasteiger partial charge in [0.05, 0.1) is 24.0 Å². The van der Waals surface area contributed by atoms with E-state index in [1.165, 1.54) is 0 Å². The molecule has 4 heterocycles. The van der Waals surface area contributed by atoms with Crippen molar-refractivity contribution in [3.63, 3.8) is 0 Å². The van der Waals surface area contributed by atoms with Crippen molar-refractivity contribution in [1.82, 2.24) is 20.4 Å². The molecule has 3 atom stereocenters. The van der Waals surface area contributed by atoms with E-state index in [1.54, 1.807) is 31.5 Å². The van der Waals surface area contributed by atoms with Gasteiger partial charge < -0.3 is 24.6 Å². The Morgan fingerprint density at radius 1 is 1.28 bits per heavy atom. The van der Waals surface area contributed by atoms with Gasteiger partial charge in [-0.25, -0.2) is 4.79 Å². The predicted octanol–water partition coefficient (Wildman–Crippen LogP) is 2.48. The SMILES string of the molecule is CCCc1onc(C)c1C(=O)N1C[C@@H]2[C@H](CNC(=O)c3cccnc3)CO[C@@H]2C1.O=C(O)C(F)(F)F. The van der Waals surface area contributed by atoms with Gasteiger partial charge in [-0.3, -0.25) is 14.6 Å². The third-order valence-electron chi connectivity index (χ3n) is 6.04. The predicted molar refractivity (Wildman–Crippen MR) is 118 cm³/mol. The molecule has 0 unspecified atom stereocenters. The number of carbonyl (C=O) groups excluding carboxylic acids is 2. The number of hydrogen-bond acceptors (Lipinski definition) is 7. The zero-order chi connectivity index (χ0) is 26.5. The summed E-state index contributed by atoms with van der Waals surface area (Å²) >= 11 is 0. The molecule has 2 aliphatic rings. The smallest absolute Gasteiger partial charge is 0.475 e. The maximum atomic E-state index is 13.1. The van der Waals surface area contributed by atoms with E-state index in [2.05, 4.69) is 15.5 Å². The van der Waals surface area contributed by atoms with Crippen molar-refractivity contribution in [3.8, 4) is 0 Å². The number of alkyl halides is 3. The minimum Gasteiger partial charge on any atom is -0.475 e. The lowest BCUT2D eigenvalue weighted by atomic mass is 9.93. The molecule has 2 aromatic rings. The summed E-state index contributed by atoms with van der Waals surface area (Å²) in [5, 5.41) is 14.1. The third-order valence-corrected chi connectivity index (χ3v) is 6.04. The second-order valence-electron chi connectivity index (χ2n) is 8.58. The monoisotopic (exact) mass is 512 g/mol. The Labute approximate surface area is 204 Å². The molecule has 0 aromatic carbocycles. The number of rotatable bonds is 6. The first kappa shape index (κ1) is 27.1. The van der Waals surface area contributed by atoms with Gasteiger partial charge in [-0.1, -0.05) is 12.1 Å². The van der Waals surface area contributed by atoms with Crippen LogP contribution in [-0.4, -0.2) is 76.5 Å². The fourth-order valence-corrected chi connectivity index (χ4v) is 4.24. The molecule has 10 nitrogen and oxygen atoms in total. The number of aryl methyl sites for hydroxylation is 2. The number of aliphatic carboxylic acids is 1. The van der Waals surface area contributed by atoms with E-state index in [-0.39, 0.29) is 29.8 Å². The zero-order valence-electron chi connectivity index (χ0n) is 19.7. The summed E-state index contributed by atoms with van der Waals surface area (Å²) in [6, 6.07) is 3.48. The van der Waals surface area contributed by atoms with E-state index >= 15 is 0 Å². The highest BCUT2D eigenvalue weighted by Gasteiger charge is 2.46. The van der Waals surface area contributed by atoms with Gasteiger partial charge in [-0.05, 0) is 25.5 Å². The summed E-state index contributed by atoms with van der Waals surface area (Å²) in [5.74, 6) is -1.89. The minimum absolute atomic E-state index is 0.00837. The zero-order valence-corrected chi connectivity index (χ0v) is 19.7. The van der Waals surface area contributed by atoms with Crippen LogP contribution in [0.3, 0.4) is 0 Å². The van der Waals surface area contributed by atoms with E-state index in [1.807, 2.05) is 11.8 Å². The highest BCUT2D eigenvalue weighted by molar-refractivity contribution is 5.96. The van der Waals surface area contributed by atoms with Crippen molar-refractivity contribution < 1.29 is 41.9 Å². The largest absolute Gasteiger partial charge is 0.490 e. The number of nitrogens with zero attached hydrogens (tertiary/aromatic N) is 3. The average Bonchev–Trinajstić information content (AvgIpc) is 3.52. The summed E-state index contributed by atoms with van der Waals surface area (Å²) in [6.07, 6.45) is -0.299. The number of halogens is 3. The minimum atomic E-state index is -5.08. The first-order valence-electron chi connectivity index (χ1n) is 11.4. The number of amides is 2. The molecule has 13 heteroatoms. The molecule has 2 N–H and O–H groups in total. The van der Waals surface area contributed by atoms with Crippen LogP contribution in [0.25, 0.3) is 0 Å². The number of carboxylic acid groups (broad SMARTS) is 1. The summed E-state index contributed by atoms with van der Waals surface area (Å²) in [5.41, 5.74) is 1.77. The molecule has 4 rings (SSSR count). The van der Waals surface area contributed by atoms with Gasteiger partial charge in [0.15, 0.2) is 0 Å². The fraction of sp³-hybridized carbons (Fsp3) is 0.522. The number of pyridine rings is 1. The van der Waals surface area contributed by atoms with E-state index in [0.29, 0.717) is 55.2 Å². The lowest BCUT2D eigenvalue weighted by molar-refractivity contribution is -0.192. The Morgan fingerprint density at radius 3 is 2.61 bits per heavy atom. The lowest BCUT2D eigenvalue weighted by Crippen LogP contribution is -2.35. The fourth-order valence-electron chi connectivity index (χ4n) is 4.24. The number of carbonyl (C=O) groups is 3. The second kappa shape index (κ2) is 11.5. The van der Waals surface area contributed by atoms with Crippen LogP contribution >= 0.6 is 0 Å². The number of hydrogen-bond donors (Lipinski definition) is 2. The third kappa shape index (κ3) is 6.39. The van der Waals surface area contributed by atoms with Crippen molar-refractivity contribution in [1.29, 1.82) is 0 Å². The molecular formula is C23H27F3N4O6. The molecule has 2 aromatic heterocycles. The molecule has 0 saturated carbocycles. The molecule has 36 heavy (non-hydrogen) atoms. The number of aromatic nitrogens is 2. The molecule has 0 spiro atoms. The van der Waals surface area contributed by atoms with Crippen LogP contribution in [0.5, 0.6) is 0 Å². The summed E-state index contributed by atoms with van der Waals surface area (Å²) in [6.45, 7) is 6.15. The molecule has 2 saturated heterocycles. The van der Waals surface area contributed by atoms with Crippen LogP contribution in [0.15, 0.2) is 29.0 Å². The van der Waals surface area contributed by atoms with Crippen LogP contribution in [-0.2, 0) is 16.0 Å². The molecule has 2 fully saturated rings. The standard InChI is InChI=1S/C21H26N4O4.C2HF3O2/c1-3-5-17-19(13(2)24-29-17)21(27)25-10-16-15(12-28-18(16)11-25)9-23-20(26)14-6-4-7-22-8-14;3-2(4,5)1(6)7/h4,6-8,15-16,18H,3,5,9-12H2,1-2H3,(H,23,26);(H,6,7)/t15-,16-,18-;/m1./s1. The maximum Gasteiger partial charge on any atom is 0.490 e. The first-order valence-corrected chi connectivity index (χ1v) is 11.4. The Hall–Kier alpha value is -3.48. The van der Waals surface area contributed by atoms with Gasteiger partial charge in [-0.15, -0.1) is 0 Å². The number of likely N-dealkylation sites (tertiary alicyclic amines) is 1. The molecule has 0 radical (unpaired) electrons. The maximum absolute atomic E-state index is 13.1. The van der Waals surface area contributed by atoms with Gasteiger partial charge in [0.2, 0.25) is 0 Å². The molecular weight excluding hydrogens is 485 g/mol. The normalized spacial score (nSPS) is 20.9. The van der Waals surface area contributed by atoms with E-state index in [9.17, 15) is 22.8 Å². The van der Waals surface area contributed by atoms with Crippen molar-refractivity contribution in [2.24, 2.45) is 11.8 Å². The summed E-state index contributed by atoms with van der Waals surface area (Å²) in [4.78, 5) is 40.1. The van der Waals surface area contributed by atoms with Crippen molar-refractivity contribution in [3.05, 3.63) is 47.1 Å². The molecule has 0 aliphatic carbocycles. The topological polar surface area (TPSA) is 135 Å². The number of fused-ring (bicyclic) bond motifs is 1. The summed E-state index contributed by atoms with van der Waals surface area (Å²) < 4.78 is 43.0. The number of carboxylic acids is 1. The van der Waals surface area contributed by atoms with Crippen molar-refractivity contribution >= 4 is 17.8 Å². The highest BCUT2D eigenvalue weighted by Crippen LogP contribution is 2.34. The Bertz CT molecular complexity index is 1080. The highest BCUT2D eigenvalue weighted by atomic mass is 19.4. The van der Waals surface area contributed by atoms with E-state index in [0.717, 1.165) is 6.42 Å². The van der Waals surface area contributed by atoms with Gasteiger partial charge in [0, 0.05) is 50.3 Å². The van der Waals surface area contributed by atoms with Crippen LogP contribution in [0.4, 0.5) is 13.2 Å². The van der Waals surface area contributed by atoms with Crippen LogP contribution in [0, 0.1) is 18.8 Å². The molecule has 2 amide bonds. The first-order chi connectivity index (χ1) is 17.0. The van der Waals surface area contributed by atoms with Gasteiger partial charge in [0.25, 0.3) is 11.8 Å². The number of ether oxygens (including phenoxy) is 1. The lowest BCUT2D eigenvalue weighted by Gasteiger charge is -2.20. The quantitative estimate of drug-likeness (QED) is 0.603. The second-order valence-corrected chi connectivity index (χ2v) is 8.58. The van der Waals surface area contributed by atoms with Crippen LogP contribution in [0.2, 0.25) is 0 Å². The van der Waals surface area contributed by atoms with Gasteiger partial charge >= 0.3 is 12.1 Å². The van der Waals surface area contributed by atoms with Crippen LogP contribution in [0.1, 0.15) is 45.5 Å². The van der Waals surface area contributed by atoms with Gasteiger partial charge in [0.1, 0.15) is 11.3 Å². The van der Waals surface area contributed by atoms with E-state index < -0.39 is 12.1 Å². The van der Waals surface area contributed by atoms with Crippen LogP contribution < -0.4 is 5.32 Å². The van der Waals surface area contributed by atoms with Crippen molar-refractivity contribution in [2.75, 3.05) is 26.2 Å². The van der Waals surface area contributed by atoms with E-state index in [4.69, 9.17) is 19.2 Å². The Morgan fingerprint density at radius 2 is 2.00 bits per heavy atom. The molecule has 0 bridgehead atoms. The number of nitrogens with one attached hydrogen (secondary N) is 1. The molecule has 196 valence electrons. The Kier molecular flexibility index (Phi) is 8.66. The molecule has 2 aliphatic heterocycles. The van der Waals surface area contributed by atoms with Crippen molar-refractivity contribution in [2.45, 2.75) is 39.0 Å².